The van der Waals surface area contributed by atoms with Crippen LogP contribution in [0.3, 0.4) is 0 Å². The van der Waals surface area contributed by atoms with Crippen molar-refractivity contribution in [3.63, 3.8) is 0 Å². The highest BCUT2D eigenvalue weighted by Gasteiger charge is 2.04. The van der Waals surface area contributed by atoms with E-state index in [1.165, 1.54) is 6.33 Å². The Bertz CT molecular complexity index is 233. The summed E-state index contributed by atoms with van der Waals surface area (Å²) in [6.07, 6.45) is 1.68. The Balaban J connectivity index is 3.00. The molecule has 0 amide bonds. The number of aliphatic hydroxyl groups excluding tert-OH is 1. The van der Waals surface area contributed by atoms with Crippen molar-refractivity contribution >= 4 is 17.4 Å². The van der Waals surface area contributed by atoms with Crippen LogP contribution in [0.4, 0.5) is 5.82 Å². The van der Waals surface area contributed by atoms with Crippen LogP contribution < -0.4 is 5.73 Å². The molecule has 0 aliphatic carbocycles. The lowest BCUT2D eigenvalue weighted by molar-refractivity contribution is 0.299. The Hall–Kier alpha value is -0.870. The van der Waals surface area contributed by atoms with Crippen molar-refractivity contribution in [2.45, 2.75) is 6.42 Å². The predicted octanol–water partition coefficient (Wildman–Crippen LogP) is 0.247. The van der Waals surface area contributed by atoms with E-state index in [1.807, 2.05) is 0 Å². The average Bonchev–Trinajstić information content (AvgIpc) is 1.97. The Morgan fingerprint density at radius 2 is 2.27 bits per heavy atom. The second kappa shape index (κ2) is 3.50. The van der Waals surface area contributed by atoms with E-state index in [4.69, 9.17) is 22.4 Å². The quantitative estimate of drug-likeness (QED) is 0.629. The summed E-state index contributed by atoms with van der Waals surface area (Å²) < 4.78 is 0. The maximum atomic E-state index is 8.60. The van der Waals surface area contributed by atoms with Crippen molar-refractivity contribution in [2.24, 2.45) is 0 Å². The normalized spacial score (nSPS) is 10.0. The lowest BCUT2D eigenvalue weighted by atomic mass is 10.2. The zero-order valence-electron chi connectivity index (χ0n) is 5.79. The van der Waals surface area contributed by atoms with Gasteiger partial charge in [-0.2, -0.15) is 0 Å². The van der Waals surface area contributed by atoms with Crippen LogP contribution in [0, 0.1) is 0 Å². The Kier molecular flexibility index (Phi) is 2.62. The lowest BCUT2D eigenvalue weighted by Crippen LogP contribution is -2.02. The van der Waals surface area contributed by atoms with Crippen LogP contribution in [0.1, 0.15) is 5.56 Å². The summed E-state index contributed by atoms with van der Waals surface area (Å²) in [5, 5.41) is 8.91. The fourth-order valence-electron chi connectivity index (χ4n) is 0.746. The van der Waals surface area contributed by atoms with Crippen LogP contribution in [-0.4, -0.2) is 21.7 Å². The van der Waals surface area contributed by atoms with Gasteiger partial charge in [-0.25, -0.2) is 9.97 Å². The number of hydrogen-bond donors (Lipinski definition) is 2. The van der Waals surface area contributed by atoms with E-state index in [0.717, 1.165) is 0 Å². The number of anilines is 1. The molecule has 11 heavy (non-hydrogen) atoms. The zero-order valence-corrected chi connectivity index (χ0v) is 6.54. The molecule has 4 nitrogen and oxygen atoms in total. The Morgan fingerprint density at radius 1 is 1.55 bits per heavy atom. The van der Waals surface area contributed by atoms with Crippen molar-refractivity contribution < 1.29 is 5.11 Å². The van der Waals surface area contributed by atoms with Gasteiger partial charge in [-0.3, -0.25) is 0 Å². The Morgan fingerprint density at radius 3 is 2.82 bits per heavy atom. The number of nitrogen functional groups attached to an aromatic ring is 1. The van der Waals surface area contributed by atoms with E-state index in [0.29, 0.717) is 23.0 Å². The second-order valence-electron chi connectivity index (χ2n) is 2.00. The molecule has 0 spiro atoms. The highest BCUT2D eigenvalue weighted by Crippen LogP contribution is 2.16. The van der Waals surface area contributed by atoms with Gasteiger partial charge in [0.15, 0.2) is 0 Å². The third kappa shape index (κ3) is 1.78. The number of halogens is 1. The van der Waals surface area contributed by atoms with Gasteiger partial charge in [-0.05, 0) is 0 Å². The molecule has 1 aromatic rings. The van der Waals surface area contributed by atoms with Crippen LogP contribution in [0.15, 0.2) is 6.33 Å². The predicted molar refractivity (Wildman–Crippen MR) is 42.2 cm³/mol. The van der Waals surface area contributed by atoms with Gasteiger partial charge < -0.3 is 10.8 Å². The molecule has 60 valence electrons. The van der Waals surface area contributed by atoms with Crippen molar-refractivity contribution in [3.05, 3.63) is 17.0 Å². The molecule has 0 fully saturated rings. The summed E-state index contributed by atoms with van der Waals surface area (Å²) >= 11 is 5.67. The number of aliphatic hydroxyl groups is 1. The van der Waals surface area contributed by atoms with Crippen LogP contribution in [-0.2, 0) is 6.42 Å². The molecular weight excluding hydrogens is 166 g/mol. The average molecular weight is 174 g/mol. The molecule has 3 N–H and O–H groups in total. The van der Waals surface area contributed by atoms with Crippen LogP contribution in [0.2, 0.25) is 5.15 Å². The van der Waals surface area contributed by atoms with E-state index >= 15 is 0 Å². The van der Waals surface area contributed by atoms with E-state index < -0.39 is 0 Å². The van der Waals surface area contributed by atoms with Gasteiger partial charge in [-0.15, -0.1) is 0 Å². The fraction of sp³-hybridized carbons (Fsp3) is 0.333. The summed E-state index contributed by atoms with van der Waals surface area (Å²) in [6, 6.07) is 0. The van der Waals surface area contributed by atoms with E-state index in [-0.39, 0.29) is 6.61 Å². The fourth-order valence-corrected chi connectivity index (χ4v) is 0.981. The number of rotatable bonds is 2. The van der Waals surface area contributed by atoms with Crippen molar-refractivity contribution in [1.82, 2.24) is 9.97 Å². The lowest BCUT2D eigenvalue weighted by Gasteiger charge is -2.02. The standard InChI is InChI=1S/C6H8ClN3O/c7-5-4(1-2-11)6(8)10-3-9-5/h3,11H,1-2H2,(H2,8,9,10). The van der Waals surface area contributed by atoms with Crippen LogP contribution >= 0.6 is 11.6 Å². The maximum Gasteiger partial charge on any atom is 0.137 e. The minimum absolute atomic E-state index is 0.00269. The number of aromatic nitrogens is 2. The van der Waals surface area contributed by atoms with Gasteiger partial charge in [-0.1, -0.05) is 11.6 Å². The molecule has 0 atom stereocenters. The summed E-state index contributed by atoms with van der Waals surface area (Å²) in [5.41, 5.74) is 6.07. The smallest absolute Gasteiger partial charge is 0.137 e. The third-order valence-corrected chi connectivity index (χ3v) is 1.61. The highest BCUT2D eigenvalue weighted by molar-refractivity contribution is 6.30. The number of nitrogens with zero attached hydrogens (tertiary/aromatic N) is 2. The molecule has 1 rings (SSSR count). The Labute approximate surface area is 69.0 Å². The summed E-state index contributed by atoms with van der Waals surface area (Å²) in [4.78, 5) is 7.45. The first-order chi connectivity index (χ1) is 5.25. The van der Waals surface area contributed by atoms with Crippen LogP contribution in [0.25, 0.3) is 0 Å². The molecule has 0 aromatic carbocycles. The minimum atomic E-state index is -0.00269. The molecule has 1 aromatic heterocycles. The molecule has 0 aliphatic heterocycles. The second-order valence-corrected chi connectivity index (χ2v) is 2.36. The van der Waals surface area contributed by atoms with Crippen molar-refractivity contribution in [1.29, 1.82) is 0 Å². The van der Waals surface area contributed by atoms with E-state index in [2.05, 4.69) is 9.97 Å². The van der Waals surface area contributed by atoms with Crippen molar-refractivity contribution in [2.75, 3.05) is 12.3 Å². The van der Waals surface area contributed by atoms with Crippen molar-refractivity contribution in [3.8, 4) is 0 Å². The summed E-state index contributed by atoms with van der Waals surface area (Å²) in [6.45, 7) is -0.00269. The first-order valence-corrected chi connectivity index (χ1v) is 3.49. The molecule has 0 saturated heterocycles. The summed E-state index contributed by atoms with van der Waals surface area (Å²) in [7, 11) is 0. The first-order valence-electron chi connectivity index (χ1n) is 3.11. The molecule has 5 heteroatoms. The molecule has 0 aliphatic rings. The van der Waals surface area contributed by atoms with E-state index in [9.17, 15) is 0 Å². The van der Waals surface area contributed by atoms with Gasteiger partial charge in [0.2, 0.25) is 0 Å². The molecule has 0 radical (unpaired) electrons. The zero-order chi connectivity index (χ0) is 8.27. The molecular formula is C6H8ClN3O. The SMILES string of the molecule is Nc1ncnc(Cl)c1CCO. The largest absolute Gasteiger partial charge is 0.396 e. The maximum absolute atomic E-state index is 8.60. The van der Waals surface area contributed by atoms with Gasteiger partial charge in [0, 0.05) is 18.6 Å². The van der Waals surface area contributed by atoms with Gasteiger partial charge in [0.25, 0.3) is 0 Å². The van der Waals surface area contributed by atoms with Gasteiger partial charge >= 0.3 is 0 Å². The first kappa shape index (κ1) is 8.23. The van der Waals surface area contributed by atoms with Gasteiger partial charge in [0.05, 0.1) is 0 Å². The van der Waals surface area contributed by atoms with Gasteiger partial charge in [0.1, 0.15) is 17.3 Å². The molecule has 0 saturated carbocycles. The minimum Gasteiger partial charge on any atom is -0.396 e. The monoisotopic (exact) mass is 173 g/mol. The number of nitrogens with two attached hydrogens (primary N) is 1. The molecule has 0 bridgehead atoms. The summed E-state index contributed by atoms with van der Waals surface area (Å²) in [5.74, 6) is 0.332. The highest BCUT2D eigenvalue weighted by atomic mass is 35.5. The number of hydrogen-bond acceptors (Lipinski definition) is 4. The van der Waals surface area contributed by atoms with E-state index in [1.54, 1.807) is 0 Å². The topological polar surface area (TPSA) is 72.0 Å². The molecule has 0 unspecified atom stereocenters. The molecule has 1 heterocycles. The third-order valence-electron chi connectivity index (χ3n) is 1.29. The van der Waals surface area contributed by atoms with Crippen LogP contribution in [0.5, 0.6) is 0 Å².